The fourth-order valence-corrected chi connectivity index (χ4v) is 3.70. The molecule has 0 atom stereocenters. The van der Waals surface area contributed by atoms with Crippen LogP contribution in [0.4, 0.5) is 0 Å². The van der Waals surface area contributed by atoms with Gasteiger partial charge in [0, 0.05) is 21.8 Å². The molecule has 0 radical (unpaired) electrons. The number of benzene rings is 2. The minimum Gasteiger partial charge on any atom is -0.318 e. The Morgan fingerprint density at radius 1 is 0.800 bits per heavy atom. The quantitative estimate of drug-likeness (QED) is 0.113. The maximum absolute atomic E-state index is 13.0. The number of carbonyl (C=O) groups excluding carboxylic acids is 2. The Morgan fingerprint density at radius 2 is 1.47 bits per heavy atom. The van der Waals surface area contributed by atoms with Crippen molar-refractivity contribution >= 4 is 29.2 Å². The molecule has 0 saturated carbocycles. The van der Waals surface area contributed by atoms with Gasteiger partial charge in [-0.1, -0.05) is 74.6 Å². The molecule has 0 heterocycles. The van der Waals surface area contributed by atoms with Crippen LogP contribution in [0.2, 0.25) is 0 Å². The second kappa shape index (κ2) is 13.8. The van der Waals surface area contributed by atoms with E-state index < -0.39 is 0 Å². The van der Waals surface area contributed by atoms with E-state index in [0.29, 0.717) is 24.1 Å². The zero-order valence-electron chi connectivity index (χ0n) is 17.9. The molecule has 160 valence electrons. The van der Waals surface area contributed by atoms with Crippen molar-refractivity contribution in [3.63, 3.8) is 0 Å². The van der Waals surface area contributed by atoms with Gasteiger partial charge in [0.2, 0.25) is 5.78 Å². The molecule has 0 N–H and O–H groups in total. The van der Waals surface area contributed by atoms with Crippen molar-refractivity contribution in [2.45, 2.75) is 75.0 Å². The molecule has 0 bridgehead atoms. The number of carbonyl (C=O) groups is 2. The molecule has 0 aliphatic heterocycles. The van der Waals surface area contributed by atoms with Crippen LogP contribution < -0.4 is 0 Å². The predicted octanol–water partition coefficient (Wildman–Crippen LogP) is 7.08. The lowest BCUT2D eigenvalue weighted by Gasteiger charge is -2.07. The van der Waals surface area contributed by atoms with E-state index in [0.717, 1.165) is 48.3 Å². The summed E-state index contributed by atoms with van der Waals surface area (Å²) >= 11 is 1.65. The van der Waals surface area contributed by atoms with Crippen molar-refractivity contribution < 1.29 is 14.4 Å². The van der Waals surface area contributed by atoms with Crippen LogP contribution in [0.5, 0.6) is 0 Å². The highest BCUT2D eigenvalue weighted by atomic mass is 32.2. The van der Waals surface area contributed by atoms with Gasteiger partial charge in [-0.05, 0) is 55.7 Å². The highest BCUT2D eigenvalue weighted by Crippen LogP contribution is 2.27. The summed E-state index contributed by atoms with van der Waals surface area (Å²) in [6.07, 6.45) is 6.62. The first kappa shape index (κ1) is 23.9. The molecule has 0 spiro atoms. The molecule has 5 heteroatoms. The lowest BCUT2D eigenvalue weighted by Crippen LogP contribution is -2.16. The van der Waals surface area contributed by atoms with Crippen molar-refractivity contribution in [2.75, 3.05) is 0 Å². The van der Waals surface area contributed by atoms with Crippen LogP contribution in [0.3, 0.4) is 0 Å². The number of nitrogens with zero attached hydrogens (tertiary/aromatic N) is 1. The summed E-state index contributed by atoms with van der Waals surface area (Å²) in [6, 6.07) is 17.6. The van der Waals surface area contributed by atoms with Crippen molar-refractivity contribution in [3.8, 4) is 0 Å². The average molecular weight is 426 g/mol. The minimum atomic E-state index is -0.384. The molecule has 2 aromatic rings. The van der Waals surface area contributed by atoms with Gasteiger partial charge in [0.25, 0.3) is 0 Å². The van der Waals surface area contributed by atoms with E-state index in [9.17, 15) is 9.59 Å². The Labute approximate surface area is 184 Å². The Morgan fingerprint density at radius 3 is 2.13 bits per heavy atom. The number of hydrogen-bond acceptors (Lipinski definition) is 5. The fraction of sp³-hybridized carbons (Fsp3) is 0.400. The lowest BCUT2D eigenvalue weighted by atomic mass is 10.0. The third-order valence-electron chi connectivity index (χ3n) is 4.62. The van der Waals surface area contributed by atoms with Crippen LogP contribution in [0.1, 0.15) is 75.6 Å². The van der Waals surface area contributed by atoms with Crippen LogP contribution in [0.15, 0.2) is 69.5 Å². The number of Topliss-reactive ketones (excluding diaryl/α,β-unsaturated/α-hetero) is 1. The Kier molecular flexibility index (Phi) is 10.9. The van der Waals surface area contributed by atoms with Gasteiger partial charge in [-0.3, -0.25) is 4.79 Å². The zero-order valence-corrected chi connectivity index (χ0v) is 18.7. The Bertz CT molecular complexity index is 816. The molecule has 0 aliphatic rings. The van der Waals surface area contributed by atoms with Gasteiger partial charge in [-0.25, -0.2) is 4.79 Å². The molecule has 30 heavy (non-hydrogen) atoms. The molecule has 2 rings (SSSR count). The van der Waals surface area contributed by atoms with E-state index >= 15 is 0 Å². The van der Waals surface area contributed by atoms with Crippen LogP contribution in [0, 0.1) is 0 Å². The van der Waals surface area contributed by atoms with Gasteiger partial charge >= 0.3 is 5.97 Å². The van der Waals surface area contributed by atoms with Gasteiger partial charge in [0.15, 0.2) is 0 Å². The van der Waals surface area contributed by atoms with Gasteiger partial charge in [0.1, 0.15) is 5.71 Å². The van der Waals surface area contributed by atoms with E-state index in [4.69, 9.17) is 4.84 Å². The van der Waals surface area contributed by atoms with Gasteiger partial charge in [-0.15, -0.1) is 0 Å². The molecule has 4 nitrogen and oxygen atoms in total. The maximum Gasteiger partial charge on any atom is 0.335 e. The summed E-state index contributed by atoms with van der Waals surface area (Å²) in [6.45, 7) is 4.16. The van der Waals surface area contributed by atoms with Crippen LogP contribution in [0.25, 0.3) is 0 Å². The first-order valence-corrected chi connectivity index (χ1v) is 11.6. The first-order chi connectivity index (χ1) is 14.6. The number of ketones is 1. The van der Waals surface area contributed by atoms with Gasteiger partial charge in [0.05, 0.1) is 0 Å². The monoisotopic (exact) mass is 425 g/mol. The number of rotatable bonds is 13. The Balaban J connectivity index is 2.06. The second-order valence-corrected chi connectivity index (χ2v) is 8.33. The molecule has 0 saturated heterocycles. The summed E-state index contributed by atoms with van der Waals surface area (Å²) in [7, 11) is 0. The average Bonchev–Trinajstić information content (AvgIpc) is 2.78. The predicted molar refractivity (Wildman–Crippen MR) is 123 cm³/mol. The molecular weight excluding hydrogens is 394 g/mol. The largest absolute Gasteiger partial charge is 0.335 e. The number of unbranched alkanes of at least 4 members (excludes halogenated alkanes) is 4. The van der Waals surface area contributed by atoms with Gasteiger partial charge in [-0.2, -0.15) is 0 Å². The molecule has 0 unspecified atom stereocenters. The maximum atomic E-state index is 13.0. The summed E-state index contributed by atoms with van der Waals surface area (Å²) in [5.41, 5.74) is 0.880. The highest BCUT2D eigenvalue weighted by molar-refractivity contribution is 7.99. The third kappa shape index (κ3) is 8.54. The van der Waals surface area contributed by atoms with Crippen LogP contribution in [-0.2, 0) is 9.63 Å². The molecule has 0 fully saturated rings. The van der Waals surface area contributed by atoms with E-state index in [-0.39, 0.29) is 11.8 Å². The minimum absolute atomic E-state index is 0.175. The Hall–Kier alpha value is -2.40. The molecule has 0 aliphatic carbocycles. The van der Waals surface area contributed by atoms with E-state index in [1.54, 1.807) is 11.8 Å². The third-order valence-corrected chi connectivity index (χ3v) is 5.63. The molecular formula is C25H31NO3S. The van der Waals surface area contributed by atoms with Crippen molar-refractivity contribution in [1.82, 2.24) is 0 Å². The zero-order chi connectivity index (χ0) is 21.6. The van der Waals surface area contributed by atoms with E-state index in [1.807, 2.05) is 49.4 Å². The fourth-order valence-electron chi connectivity index (χ4n) is 2.86. The normalized spacial score (nSPS) is 11.3. The van der Waals surface area contributed by atoms with Crippen LogP contribution >= 0.6 is 11.8 Å². The van der Waals surface area contributed by atoms with Crippen molar-refractivity contribution in [3.05, 3.63) is 60.2 Å². The molecule has 2 aromatic carbocycles. The van der Waals surface area contributed by atoms with E-state index in [2.05, 4.69) is 24.2 Å². The summed E-state index contributed by atoms with van der Waals surface area (Å²) < 4.78 is 0. The second-order valence-electron chi connectivity index (χ2n) is 7.18. The van der Waals surface area contributed by atoms with Crippen molar-refractivity contribution in [2.24, 2.45) is 5.16 Å². The van der Waals surface area contributed by atoms with E-state index in [1.165, 1.54) is 0 Å². The molecule has 0 amide bonds. The number of hydrogen-bond donors (Lipinski definition) is 0. The van der Waals surface area contributed by atoms with Crippen LogP contribution in [-0.4, -0.2) is 17.5 Å². The molecule has 0 aromatic heterocycles. The number of oxime groups is 1. The van der Waals surface area contributed by atoms with Gasteiger partial charge < -0.3 is 4.84 Å². The topological polar surface area (TPSA) is 55.7 Å². The lowest BCUT2D eigenvalue weighted by molar-refractivity contribution is -0.143. The standard InChI is InChI=1S/C25H31NO3S/c1-3-5-7-11-14-23(26-29-24(27)15-6-4-2)25(28)20-16-18-22(19-17-20)30-21-12-9-8-10-13-21/h8-10,12-13,16-19H,3-7,11,14-15H2,1-2H3/b26-23+. The summed E-state index contributed by atoms with van der Waals surface area (Å²) in [5.74, 6) is -0.559. The SMILES string of the molecule is CCCCCC/C(=N\OC(=O)CCCC)C(=O)c1ccc(Sc2ccccc2)cc1. The van der Waals surface area contributed by atoms with Crippen molar-refractivity contribution in [1.29, 1.82) is 0 Å². The summed E-state index contributed by atoms with van der Waals surface area (Å²) in [4.78, 5) is 32.0. The summed E-state index contributed by atoms with van der Waals surface area (Å²) in [5, 5.41) is 3.95. The first-order valence-electron chi connectivity index (χ1n) is 10.8. The smallest absolute Gasteiger partial charge is 0.318 e. The highest BCUT2D eigenvalue weighted by Gasteiger charge is 2.16.